The van der Waals surface area contributed by atoms with Crippen LogP contribution >= 0.6 is 0 Å². The zero-order chi connectivity index (χ0) is 22.3. The van der Waals surface area contributed by atoms with E-state index in [0.29, 0.717) is 18.1 Å². The van der Waals surface area contributed by atoms with E-state index in [4.69, 9.17) is 9.47 Å². The maximum absolute atomic E-state index is 13.0. The number of nitrogens with one attached hydrogen (secondary N) is 1. The molecule has 1 N–H and O–H groups in total. The maximum atomic E-state index is 13.0. The number of carbonyl (C=O) groups excluding carboxylic acids is 1. The lowest BCUT2D eigenvalue weighted by atomic mass is 9.97. The quantitative estimate of drug-likeness (QED) is 0.686. The van der Waals surface area contributed by atoms with Crippen molar-refractivity contribution in [1.82, 2.24) is 9.80 Å². The molecule has 4 rings (SSSR count). The zero-order valence-electron chi connectivity index (χ0n) is 19.3. The lowest BCUT2D eigenvalue weighted by Gasteiger charge is -2.35. The third-order valence-corrected chi connectivity index (χ3v) is 6.66. The fourth-order valence-electron chi connectivity index (χ4n) is 4.94. The summed E-state index contributed by atoms with van der Waals surface area (Å²) in [7, 11) is 3.29. The molecule has 2 aromatic carbocycles. The van der Waals surface area contributed by atoms with Crippen molar-refractivity contribution < 1.29 is 14.3 Å². The van der Waals surface area contributed by atoms with Gasteiger partial charge in [-0.05, 0) is 67.1 Å². The third-order valence-electron chi connectivity index (χ3n) is 6.66. The number of hydrogen-bond acceptors (Lipinski definition) is 5. The average molecular weight is 438 g/mol. The normalized spacial score (nSPS) is 19.2. The van der Waals surface area contributed by atoms with E-state index in [0.717, 1.165) is 57.0 Å². The number of hydrogen-bond donors (Lipinski definition) is 1. The number of fused-ring (bicyclic) bond motifs is 1. The lowest BCUT2D eigenvalue weighted by molar-refractivity contribution is -0.131. The highest BCUT2D eigenvalue weighted by molar-refractivity contribution is 5.80. The topological polar surface area (TPSA) is 54.0 Å². The molecule has 0 bridgehead atoms. The fourth-order valence-corrected chi connectivity index (χ4v) is 4.94. The minimum atomic E-state index is 0.221. The number of nitrogens with zero attached hydrogens (tertiary/aromatic N) is 2. The molecule has 2 aliphatic rings. The van der Waals surface area contributed by atoms with Crippen molar-refractivity contribution in [1.29, 1.82) is 0 Å². The number of benzene rings is 2. The number of ether oxygens (including phenoxy) is 2. The molecule has 0 saturated carbocycles. The van der Waals surface area contributed by atoms with Gasteiger partial charge in [-0.25, -0.2) is 0 Å². The molecule has 1 atom stereocenters. The molecule has 0 aliphatic carbocycles. The molecule has 0 aromatic heterocycles. The first kappa shape index (κ1) is 22.5. The predicted molar refractivity (Wildman–Crippen MR) is 128 cm³/mol. The van der Waals surface area contributed by atoms with Crippen LogP contribution in [0.4, 0.5) is 5.69 Å². The summed E-state index contributed by atoms with van der Waals surface area (Å²) in [4.78, 5) is 17.7. The van der Waals surface area contributed by atoms with Gasteiger partial charge in [0.1, 0.15) is 0 Å². The van der Waals surface area contributed by atoms with E-state index >= 15 is 0 Å². The Bertz CT molecular complexity index is 903. The van der Waals surface area contributed by atoms with Crippen LogP contribution in [0.2, 0.25) is 0 Å². The number of para-hydroxylation sites is 1. The fraction of sp³-hybridized carbons (Fsp3) is 0.500. The van der Waals surface area contributed by atoms with E-state index in [2.05, 4.69) is 39.4 Å². The van der Waals surface area contributed by atoms with Gasteiger partial charge >= 0.3 is 0 Å². The molecule has 6 heteroatoms. The Kier molecular flexibility index (Phi) is 7.53. The molecule has 172 valence electrons. The summed E-state index contributed by atoms with van der Waals surface area (Å²) in [6.07, 6.45) is 3.69. The van der Waals surface area contributed by atoms with Crippen LogP contribution in [0.5, 0.6) is 11.5 Å². The van der Waals surface area contributed by atoms with Crippen molar-refractivity contribution in [2.75, 3.05) is 58.8 Å². The van der Waals surface area contributed by atoms with Crippen molar-refractivity contribution in [3.8, 4) is 11.5 Å². The van der Waals surface area contributed by atoms with E-state index in [1.807, 2.05) is 18.2 Å². The van der Waals surface area contributed by atoms with Crippen molar-refractivity contribution in [2.45, 2.75) is 25.7 Å². The van der Waals surface area contributed by atoms with Gasteiger partial charge in [-0.1, -0.05) is 18.2 Å². The Balaban J connectivity index is 1.31. The van der Waals surface area contributed by atoms with Crippen LogP contribution in [-0.2, 0) is 17.6 Å². The number of methoxy groups -OCH3 is 2. The van der Waals surface area contributed by atoms with Gasteiger partial charge in [0.05, 0.1) is 20.6 Å². The van der Waals surface area contributed by atoms with Gasteiger partial charge in [0.15, 0.2) is 11.5 Å². The average Bonchev–Trinajstić information content (AvgIpc) is 2.97. The molecule has 0 spiro atoms. The van der Waals surface area contributed by atoms with Crippen LogP contribution in [0.15, 0.2) is 42.5 Å². The smallest absolute Gasteiger partial charge is 0.227 e. The van der Waals surface area contributed by atoms with E-state index in [-0.39, 0.29) is 5.91 Å². The molecule has 32 heavy (non-hydrogen) atoms. The Hall–Kier alpha value is -2.73. The molecule has 1 fully saturated rings. The van der Waals surface area contributed by atoms with Gasteiger partial charge in [-0.2, -0.15) is 0 Å². The van der Waals surface area contributed by atoms with E-state index in [1.165, 1.54) is 24.1 Å². The molecule has 0 radical (unpaired) electrons. The largest absolute Gasteiger partial charge is 0.493 e. The summed E-state index contributed by atoms with van der Waals surface area (Å²) in [5, 5.41) is 3.51. The Morgan fingerprint density at radius 3 is 2.53 bits per heavy atom. The van der Waals surface area contributed by atoms with Gasteiger partial charge in [0.2, 0.25) is 5.91 Å². The van der Waals surface area contributed by atoms with Crippen molar-refractivity contribution in [2.24, 2.45) is 5.92 Å². The zero-order valence-corrected chi connectivity index (χ0v) is 19.3. The number of carbonyl (C=O) groups is 1. The van der Waals surface area contributed by atoms with Crippen LogP contribution in [0.1, 0.15) is 24.0 Å². The highest BCUT2D eigenvalue weighted by Crippen LogP contribution is 2.32. The second-order valence-electron chi connectivity index (χ2n) is 8.84. The molecule has 2 aliphatic heterocycles. The second kappa shape index (κ2) is 10.7. The molecular weight excluding hydrogens is 402 g/mol. The van der Waals surface area contributed by atoms with Gasteiger partial charge in [0, 0.05) is 38.4 Å². The molecular formula is C26H35N3O3. The Morgan fingerprint density at radius 2 is 1.78 bits per heavy atom. The molecule has 2 heterocycles. The van der Waals surface area contributed by atoms with Crippen LogP contribution < -0.4 is 14.8 Å². The van der Waals surface area contributed by atoms with Crippen molar-refractivity contribution in [3.05, 3.63) is 53.6 Å². The maximum Gasteiger partial charge on any atom is 0.227 e. The van der Waals surface area contributed by atoms with E-state index < -0.39 is 0 Å². The first-order chi connectivity index (χ1) is 15.7. The first-order valence-corrected chi connectivity index (χ1v) is 11.7. The molecule has 1 saturated heterocycles. The van der Waals surface area contributed by atoms with Crippen molar-refractivity contribution >= 4 is 11.6 Å². The summed E-state index contributed by atoms with van der Waals surface area (Å²) in [6, 6.07) is 14.4. The monoisotopic (exact) mass is 437 g/mol. The Labute approximate surface area is 191 Å². The summed E-state index contributed by atoms with van der Waals surface area (Å²) >= 11 is 0. The van der Waals surface area contributed by atoms with Crippen LogP contribution in [0.25, 0.3) is 0 Å². The minimum Gasteiger partial charge on any atom is -0.493 e. The summed E-state index contributed by atoms with van der Waals surface area (Å²) < 4.78 is 10.9. The summed E-state index contributed by atoms with van der Waals surface area (Å²) in [6.45, 7) is 5.81. The number of piperidine rings is 1. The lowest BCUT2D eigenvalue weighted by Crippen LogP contribution is -2.44. The second-order valence-corrected chi connectivity index (χ2v) is 8.84. The molecule has 1 unspecified atom stereocenters. The third kappa shape index (κ3) is 5.54. The predicted octanol–water partition coefficient (Wildman–Crippen LogP) is 3.46. The number of anilines is 1. The number of rotatable bonds is 8. The Morgan fingerprint density at radius 1 is 1.03 bits per heavy atom. The number of likely N-dealkylation sites (tertiary alicyclic amines) is 1. The molecule has 1 amide bonds. The number of amides is 1. The van der Waals surface area contributed by atoms with Crippen LogP contribution in [0.3, 0.4) is 0 Å². The first-order valence-electron chi connectivity index (χ1n) is 11.7. The van der Waals surface area contributed by atoms with Gasteiger partial charge in [0.25, 0.3) is 0 Å². The summed E-state index contributed by atoms with van der Waals surface area (Å²) in [5.74, 6) is 2.19. The van der Waals surface area contributed by atoms with Crippen molar-refractivity contribution in [3.63, 3.8) is 0 Å². The summed E-state index contributed by atoms with van der Waals surface area (Å²) in [5.41, 5.74) is 3.42. The SMILES string of the molecule is COc1cc2c(cc1OC)CC(=O)N(CC1CCCN(CCNc3ccccc3)C1)CC2. The van der Waals surface area contributed by atoms with E-state index in [9.17, 15) is 4.79 Å². The minimum absolute atomic E-state index is 0.221. The highest BCUT2D eigenvalue weighted by Gasteiger charge is 2.27. The molecule has 2 aromatic rings. The van der Waals surface area contributed by atoms with Gasteiger partial charge in [-0.3, -0.25) is 4.79 Å². The molecule has 6 nitrogen and oxygen atoms in total. The van der Waals surface area contributed by atoms with Crippen LogP contribution in [0, 0.1) is 5.92 Å². The van der Waals surface area contributed by atoms with E-state index in [1.54, 1.807) is 14.2 Å². The van der Waals surface area contributed by atoms with Crippen LogP contribution in [-0.4, -0.2) is 69.2 Å². The standard InChI is InChI=1S/C26H35N3O3/c1-31-24-15-21-10-13-29(26(30)17-22(21)16-25(24)32-2)19-20-7-6-12-28(18-20)14-11-27-23-8-4-3-5-9-23/h3-5,8-9,15-16,20,27H,6-7,10-14,17-19H2,1-2H3. The van der Waals surface area contributed by atoms with Gasteiger partial charge < -0.3 is 24.6 Å². The van der Waals surface area contributed by atoms with Gasteiger partial charge in [-0.15, -0.1) is 0 Å². The highest BCUT2D eigenvalue weighted by atomic mass is 16.5.